The van der Waals surface area contributed by atoms with Gasteiger partial charge in [-0.3, -0.25) is 0 Å². The predicted octanol–water partition coefficient (Wildman–Crippen LogP) is 3.71. The molecule has 0 radical (unpaired) electrons. The zero-order valence-electron chi connectivity index (χ0n) is 12.0. The highest BCUT2D eigenvalue weighted by Crippen LogP contribution is 2.27. The summed E-state index contributed by atoms with van der Waals surface area (Å²) in [5.41, 5.74) is 0.675. The third kappa shape index (κ3) is 2.77. The summed E-state index contributed by atoms with van der Waals surface area (Å²) >= 11 is 6.15. The number of imidazole rings is 1. The van der Waals surface area contributed by atoms with Crippen molar-refractivity contribution in [1.29, 1.82) is 0 Å². The van der Waals surface area contributed by atoms with E-state index in [1.54, 1.807) is 11.5 Å². The lowest BCUT2D eigenvalue weighted by Gasteiger charge is -2.17. The Bertz CT molecular complexity index is 648. The Hall–Kier alpha value is -1.20. The Morgan fingerprint density at radius 3 is 2.62 bits per heavy atom. The molecular weight excluding hydrogens is 296 g/mol. The van der Waals surface area contributed by atoms with Crippen LogP contribution in [-0.4, -0.2) is 34.1 Å². The molecule has 21 heavy (non-hydrogen) atoms. The molecule has 1 aliphatic heterocycles. The van der Waals surface area contributed by atoms with Crippen LogP contribution in [0.15, 0.2) is 12.1 Å². The molecule has 2 heterocycles. The van der Waals surface area contributed by atoms with Gasteiger partial charge in [-0.25, -0.2) is 13.8 Å². The van der Waals surface area contributed by atoms with Crippen LogP contribution < -0.4 is 0 Å². The molecule has 0 saturated carbocycles. The minimum absolute atomic E-state index is 0.219. The molecule has 0 N–H and O–H groups in total. The largest absolute Gasteiger partial charge is 0.323 e. The van der Waals surface area contributed by atoms with Crippen molar-refractivity contribution in [2.75, 3.05) is 19.6 Å². The Morgan fingerprint density at radius 2 is 1.95 bits per heavy atom. The number of halogens is 3. The van der Waals surface area contributed by atoms with Crippen LogP contribution in [0.3, 0.4) is 0 Å². The van der Waals surface area contributed by atoms with Crippen molar-refractivity contribution in [3.63, 3.8) is 0 Å². The van der Waals surface area contributed by atoms with Gasteiger partial charge in [-0.1, -0.05) is 0 Å². The van der Waals surface area contributed by atoms with Gasteiger partial charge in [-0.2, -0.15) is 0 Å². The molecule has 6 heteroatoms. The van der Waals surface area contributed by atoms with Gasteiger partial charge in [-0.05, 0) is 45.0 Å². The topological polar surface area (TPSA) is 21.1 Å². The molecule has 2 aromatic rings. The van der Waals surface area contributed by atoms with E-state index in [4.69, 9.17) is 11.6 Å². The molecule has 3 nitrogen and oxygen atoms in total. The average Bonchev–Trinajstić information content (AvgIpc) is 3.08. The molecule has 1 aromatic carbocycles. The zero-order valence-corrected chi connectivity index (χ0v) is 12.7. The maximum atomic E-state index is 14.1. The van der Waals surface area contributed by atoms with Crippen LogP contribution in [0.5, 0.6) is 0 Å². The second-order valence-electron chi connectivity index (χ2n) is 5.52. The fourth-order valence-corrected chi connectivity index (χ4v) is 3.12. The van der Waals surface area contributed by atoms with Crippen molar-refractivity contribution < 1.29 is 8.78 Å². The van der Waals surface area contributed by atoms with E-state index in [9.17, 15) is 8.78 Å². The summed E-state index contributed by atoms with van der Waals surface area (Å²) in [7, 11) is 0. The molecule has 1 saturated heterocycles. The molecule has 1 fully saturated rings. The molecule has 114 valence electrons. The standard InChI is InChI=1S/C15H18ClF2N3/c1-10(16)15-19-12-5-4-11(17)13(18)14(12)21(15)9-8-20-6-2-3-7-20/h4-5,10H,2-3,6-9H2,1H3. The first-order valence-electron chi connectivity index (χ1n) is 7.28. The summed E-state index contributed by atoms with van der Waals surface area (Å²) in [4.78, 5) is 6.69. The van der Waals surface area contributed by atoms with Gasteiger partial charge in [0.2, 0.25) is 0 Å². The van der Waals surface area contributed by atoms with Crippen LogP contribution in [0, 0.1) is 11.6 Å². The van der Waals surface area contributed by atoms with Gasteiger partial charge in [0.25, 0.3) is 0 Å². The first-order chi connectivity index (χ1) is 10.1. The smallest absolute Gasteiger partial charge is 0.184 e. The molecular formula is C15H18ClF2N3. The van der Waals surface area contributed by atoms with Gasteiger partial charge in [-0.15, -0.1) is 11.6 Å². The van der Waals surface area contributed by atoms with Crippen LogP contribution in [-0.2, 0) is 6.54 Å². The van der Waals surface area contributed by atoms with Crippen LogP contribution in [0.4, 0.5) is 8.78 Å². The number of alkyl halides is 1. The van der Waals surface area contributed by atoms with Crippen LogP contribution in [0.2, 0.25) is 0 Å². The quantitative estimate of drug-likeness (QED) is 0.802. The van der Waals surface area contributed by atoms with Crippen LogP contribution >= 0.6 is 11.6 Å². The number of benzene rings is 1. The van der Waals surface area contributed by atoms with Gasteiger partial charge in [0.15, 0.2) is 11.6 Å². The Kier molecular flexibility index (Phi) is 4.13. The number of nitrogens with zero attached hydrogens (tertiary/aromatic N) is 3. The maximum Gasteiger partial charge on any atom is 0.184 e. The average molecular weight is 314 g/mol. The SMILES string of the molecule is CC(Cl)c1nc2ccc(F)c(F)c2n1CCN1CCCC1. The number of hydrogen-bond donors (Lipinski definition) is 0. The minimum atomic E-state index is -0.849. The van der Waals surface area contributed by atoms with Crippen molar-refractivity contribution in [1.82, 2.24) is 14.5 Å². The summed E-state index contributed by atoms with van der Waals surface area (Å²) in [5, 5.41) is -0.349. The predicted molar refractivity (Wildman–Crippen MR) is 79.6 cm³/mol. The van der Waals surface area contributed by atoms with Crippen LogP contribution in [0.25, 0.3) is 11.0 Å². The van der Waals surface area contributed by atoms with Crippen molar-refractivity contribution >= 4 is 22.6 Å². The fourth-order valence-electron chi connectivity index (χ4n) is 2.95. The molecule has 0 bridgehead atoms. The van der Waals surface area contributed by atoms with Crippen LogP contribution in [0.1, 0.15) is 31.0 Å². The minimum Gasteiger partial charge on any atom is -0.323 e. The van der Waals surface area contributed by atoms with E-state index in [0.717, 1.165) is 25.7 Å². The highest BCUT2D eigenvalue weighted by atomic mass is 35.5. The first kappa shape index (κ1) is 14.7. The number of aromatic nitrogens is 2. The van der Waals surface area contributed by atoms with E-state index in [0.29, 0.717) is 17.9 Å². The van der Waals surface area contributed by atoms with Crippen molar-refractivity contribution in [3.05, 3.63) is 29.6 Å². The molecule has 1 unspecified atom stereocenters. The molecule has 0 aliphatic carbocycles. The zero-order chi connectivity index (χ0) is 15.0. The molecule has 3 rings (SSSR count). The summed E-state index contributed by atoms with van der Waals surface area (Å²) in [5.74, 6) is -1.10. The summed E-state index contributed by atoms with van der Waals surface area (Å²) in [6.45, 7) is 5.30. The Labute approximate surface area is 127 Å². The summed E-state index contributed by atoms with van der Waals surface area (Å²) in [6.07, 6.45) is 2.40. The van der Waals surface area contributed by atoms with Gasteiger partial charge >= 0.3 is 0 Å². The Morgan fingerprint density at radius 1 is 1.24 bits per heavy atom. The highest BCUT2D eigenvalue weighted by Gasteiger charge is 2.21. The number of likely N-dealkylation sites (tertiary alicyclic amines) is 1. The monoisotopic (exact) mass is 313 g/mol. The summed E-state index contributed by atoms with van der Waals surface area (Å²) in [6, 6.07) is 2.61. The molecule has 0 spiro atoms. The lowest BCUT2D eigenvalue weighted by molar-refractivity contribution is 0.321. The number of hydrogen-bond acceptors (Lipinski definition) is 2. The second kappa shape index (κ2) is 5.89. The third-order valence-electron chi connectivity index (χ3n) is 4.02. The van der Waals surface area contributed by atoms with E-state index < -0.39 is 11.6 Å². The van der Waals surface area contributed by atoms with E-state index in [-0.39, 0.29) is 10.9 Å². The van der Waals surface area contributed by atoms with Gasteiger partial charge in [0.05, 0.1) is 10.9 Å². The van der Waals surface area contributed by atoms with Crippen molar-refractivity contribution in [2.45, 2.75) is 31.7 Å². The van der Waals surface area contributed by atoms with E-state index in [2.05, 4.69) is 9.88 Å². The molecule has 1 aliphatic rings. The number of fused-ring (bicyclic) bond motifs is 1. The fraction of sp³-hybridized carbons (Fsp3) is 0.533. The van der Waals surface area contributed by atoms with E-state index in [1.807, 2.05) is 0 Å². The molecule has 1 aromatic heterocycles. The van der Waals surface area contributed by atoms with E-state index >= 15 is 0 Å². The van der Waals surface area contributed by atoms with Gasteiger partial charge in [0, 0.05) is 13.1 Å². The first-order valence-corrected chi connectivity index (χ1v) is 7.72. The molecule has 0 amide bonds. The lowest BCUT2D eigenvalue weighted by atomic mass is 10.3. The third-order valence-corrected chi connectivity index (χ3v) is 4.22. The maximum absolute atomic E-state index is 14.1. The highest BCUT2D eigenvalue weighted by molar-refractivity contribution is 6.20. The Balaban J connectivity index is 2.00. The molecule has 1 atom stereocenters. The van der Waals surface area contributed by atoms with Gasteiger partial charge < -0.3 is 9.47 Å². The number of rotatable bonds is 4. The van der Waals surface area contributed by atoms with Crippen molar-refractivity contribution in [2.24, 2.45) is 0 Å². The van der Waals surface area contributed by atoms with Crippen molar-refractivity contribution in [3.8, 4) is 0 Å². The lowest BCUT2D eigenvalue weighted by Crippen LogP contribution is -2.25. The van der Waals surface area contributed by atoms with E-state index in [1.165, 1.54) is 18.9 Å². The summed E-state index contributed by atoms with van der Waals surface area (Å²) < 4.78 is 29.4. The van der Waals surface area contributed by atoms with Gasteiger partial charge in [0.1, 0.15) is 11.3 Å². The second-order valence-corrected chi connectivity index (χ2v) is 6.17. The normalized spacial score (nSPS) is 17.7.